The van der Waals surface area contributed by atoms with Crippen molar-refractivity contribution in [3.8, 4) is 0 Å². The SMILES string of the molecule is CC(C)[C@H](N)C(=O)/N=C/C(CCCNC(N)=O)C(=O)Nc1ccc(CO)cc1. The lowest BCUT2D eigenvalue weighted by Crippen LogP contribution is -2.35. The highest BCUT2D eigenvalue weighted by Gasteiger charge is 2.20. The Bertz CT molecular complexity index is 688. The van der Waals surface area contributed by atoms with Crippen molar-refractivity contribution in [1.29, 1.82) is 0 Å². The summed E-state index contributed by atoms with van der Waals surface area (Å²) in [5.74, 6) is -1.59. The number of hydrogen-bond acceptors (Lipinski definition) is 5. The molecular weight excluding hydrogens is 362 g/mol. The summed E-state index contributed by atoms with van der Waals surface area (Å²) in [6.45, 7) is 3.84. The fraction of sp³-hybridized carbons (Fsp3) is 0.474. The van der Waals surface area contributed by atoms with Crippen molar-refractivity contribution in [2.75, 3.05) is 11.9 Å². The molecular formula is C19H29N5O4. The van der Waals surface area contributed by atoms with Crippen molar-refractivity contribution in [3.05, 3.63) is 29.8 Å². The van der Waals surface area contributed by atoms with E-state index in [1.54, 1.807) is 24.3 Å². The number of aliphatic hydroxyl groups is 1. The zero-order valence-corrected chi connectivity index (χ0v) is 16.2. The number of anilines is 1. The highest BCUT2D eigenvalue weighted by molar-refractivity contribution is 6.04. The lowest BCUT2D eigenvalue weighted by atomic mass is 10.0. The first-order chi connectivity index (χ1) is 13.2. The molecule has 0 heterocycles. The second kappa shape index (κ2) is 11.8. The molecule has 2 atom stereocenters. The maximum atomic E-state index is 12.6. The van der Waals surface area contributed by atoms with Crippen molar-refractivity contribution in [2.24, 2.45) is 28.3 Å². The molecule has 0 saturated heterocycles. The van der Waals surface area contributed by atoms with Gasteiger partial charge in [0.15, 0.2) is 0 Å². The van der Waals surface area contributed by atoms with Crippen LogP contribution in [0.4, 0.5) is 10.5 Å². The Labute approximate surface area is 164 Å². The largest absolute Gasteiger partial charge is 0.392 e. The summed E-state index contributed by atoms with van der Waals surface area (Å²) < 4.78 is 0. The van der Waals surface area contributed by atoms with Crippen LogP contribution in [0.5, 0.6) is 0 Å². The minimum atomic E-state index is -0.734. The number of aliphatic imine (C=N–C) groups is 1. The molecule has 0 aliphatic heterocycles. The molecule has 154 valence electrons. The van der Waals surface area contributed by atoms with Gasteiger partial charge in [-0.15, -0.1) is 0 Å². The number of nitrogens with one attached hydrogen (secondary N) is 2. The molecule has 1 unspecified atom stereocenters. The fourth-order valence-electron chi connectivity index (χ4n) is 2.27. The second-order valence-corrected chi connectivity index (χ2v) is 6.77. The van der Waals surface area contributed by atoms with Crippen LogP contribution in [0, 0.1) is 11.8 Å². The number of nitrogens with zero attached hydrogens (tertiary/aromatic N) is 1. The van der Waals surface area contributed by atoms with Gasteiger partial charge in [0.1, 0.15) is 0 Å². The first kappa shape index (κ1) is 23.3. The van der Waals surface area contributed by atoms with Crippen molar-refractivity contribution in [1.82, 2.24) is 5.32 Å². The van der Waals surface area contributed by atoms with Gasteiger partial charge in [0.05, 0.1) is 18.6 Å². The third kappa shape index (κ3) is 8.28. The van der Waals surface area contributed by atoms with Gasteiger partial charge in [-0.05, 0) is 36.5 Å². The van der Waals surface area contributed by atoms with Crippen molar-refractivity contribution >= 4 is 29.7 Å². The molecule has 0 spiro atoms. The zero-order valence-electron chi connectivity index (χ0n) is 16.2. The molecule has 0 radical (unpaired) electrons. The maximum Gasteiger partial charge on any atom is 0.312 e. The molecule has 0 saturated carbocycles. The molecule has 0 fully saturated rings. The van der Waals surface area contributed by atoms with Gasteiger partial charge in [0.2, 0.25) is 5.91 Å². The monoisotopic (exact) mass is 391 g/mol. The summed E-state index contributed by atoms with van der Waals surface area (Å²) in [6.07, 6.45) is 2.13. The molecule has 0 aliphatic carbocycles. The van der Waals surface area contributed by atoms with Crippen LogP contribution in [0.1, 0.15) is 32.3 Å². The summed E-state index contributed by atoms with van der Waals surface area (Å²) in [5.41, 5.74) is 12.1. The summed E-state index contributed by atoms with van der Waals surface area (Å²) in [6, 6.07) is 5.36. The first-order valence-electron chi connectivity index (χ1n) is 9.12. The van der Waals surface area contributed by atoms with Gasteiger partial charge >= 0.3 is 6.03 Å². The highest BCUT2D eigenvalue weighted by Crippen LogP contribution is 2.13. The van der Waals surface area contributed by atoms with E-state index in [0.29, 0.717) is 25.1 Å². The van der Waals surface area contributed by atoms with Crippen molar-refractivity contribution < 1.29 is 19.5 Å². The topological polar surface area (TPSA) is 160 Å². The standard InChI is InChI=1S/C19H29N5O4/c1-12(2)16(20)18(27)23-10-14(4-3-9-22-19(21)28)17(26)24-15-7-5-13(11-25)6-8-15/h5-8,10,12,14,16,25H,3-4,9,11,20H2,1-2H3,(H,24,26)(H3,21,22,28)/b23-10+/t14?,16-/m0/s1. The molecule has 1 aromatic carbocycles. The molecule has 0 bridgehead atoms. The number of nitrogens with two attached hydrogens (primary N) is 2. The van der Waals surface area contributed by atoms with E-state index < -0.39 is 23.9 Å². The molecule has 28 heavy (non-hydrogen) atoms. The van der Waals surface area contributed by atoms with Crippen LogP contribution in [-0.4, -0.2) is 41.8 Å². The minimum absolute atomic E-state index is 0.0678. The van der Waals surface area contributed by atoms with Crippen LogP contribution < -0.4 is 22.1 Å². The number of carbonyl (C=O) groups is 3. The Kier molecular flexibility index (Phi) is 9.83. The van der Waals surface area contributed by atoms with E-state index in [1.165, 1.54) is 6.21 Å². The van der Waals surface area contributed by atoms with Gasteiger partial charge in [0, 0.05) is 18.4 Å². The first-order valence-corrected chi connectivity index (χ1v) is 9.12. The van der Waals surface area contributed by atoms with E-state index in [2.05, 4.69) is 15.6 Å². The summed E-state index contributed by atoms with van der Waals surface area (Å²) in [7, 11) is 0. The average molecular weight is 391 g/mol. The number of amides is 4. The zero-order chi connectivity index (χ0) is 21.1. The van der Waals surface area contributed by atoms with E-state index in [0.717, 1.165) is 5.56 Å². The molecule has 1 aromatic rings. The van der Waals surface area contributed by atoms with E-state index in [4.69, 9.17) is 16.6 Å². The summed E-state index contributed by atoms with van der Waals surface area (Å²) >= 11 is 0. The number of benzene rings is 1. The quantitative estimate of drug-likeness (QED) is 0.294. The Balaban J connectivity index is 2.80. The average Bonchev–Trinajstić information content (AvgIpc) is 2.66. The van der Waals surface area contributed by atoms with Gasteiger partial charge in [0.25, 0.3) is 5.91 Å². The molecule has 9 heteroatoms. The van der Waals surface area contributed by atoms with Crippen LogP contribution in [0.3, 0.4) is 0 Å². The van der Waals surface area contributed by atoms with Crippen LogP contribution >= 0.6 is 0 Å². The predicted molar refractivity (Wildman–Crippen MR) is 108 cm³/mol. The number of urea groups is 1. The Hall–Kier alpha value is -2.78. The van der Waals surface area contributed by atoms with Crippen molar-refractivity contribution in [3.63, 3.8) is 0 Å². The Morgan fingerprint density at radius 2 is 1.86 bits per heavy atom. The third-order valence-electron chi connectivity index (χ3n) is 4.12. The molecule has 0 aliphatic rings. The predicted octanol–water partition coefficient (Wildman–Crippen LogP) is 0.763. The second-order valence-electron chi connectivity index (χ2n) is 6.77. The molecule has 1 rings (SSSR count). The van der Waals surface area contributed by atoms with Gasteiger partial charge in [-0.25, -0.2) is 9.79 Å². The Morgan fingerprint density at radius 1 is 1.21 bits per heavy atom. The van der Waals surface area contributed by atoms with Crippen molar-refractivity contribution in [2.45, 2.75) is 39.3 Å². The van der Waals surface area contributed by atoms with Gasteiger partial charge < -0.3 is 27.2 Å². The third-order valence-corrected chi connectivity index (χ3v) is 4.12. The molecule has 7 N–H and O–H groups in total. The van der Waals surface area contributed by atoms with E-state index in [1.807, 2.05) is 13.8 Å². The van der Waals surface area contributed by atoms with Crippen LogP contribution in [0.2, 0.25) is 0 Å². The number of aliphatic hydroxyl groups excluding tert-OH is 1. The number of hydrogen-bond donors (Lipinski definition) is 5. The number of primary amides is 1. The highest BCUT2D eigenvalue weighted by atomic mass is 16.3. The summed E-state index contributed by atoms with van der Waals surface area (Å²) in [4.78, 5) is 39.2. The molecule has 9 nitrogen and oxygen atoms in total. The van der Waals surface area contributed by atoms with Crippen LogP contribution in [0.15, 0.2) is 29.3 Å². The van der Waals surface area contributed by atoms with Crippen LogP contribution in [-0.2, 0) is 16.2 Å². The van der Waals surface area contributed by atoms with E-state index >= 15 is 0 Å². The number of rotatable bonds is 10. The smallest absolute Gasteiger partial charge is 0.312 e. The lowest BCUT2D eigenvalue weighted by Gasteiger charge is -2.14. The Morgan fingerprint density at radius 3 is 2.39 bits per heavy atom. The molecule has 0 aromatic heterocycles. The number of carbonyl (C=O) groups excluding carboxylic acids is 3. The lowest BCUT2D eigenvalue weighted by molar-refractivity contribution is -0.119. The van der Waals surface area contributed by atoms with E-state index in [9.17, 15) is 14.4 Å². The van der Waals surface area contributed by atoms with Gasteiger partial charge in [-0.2, -0.15) is 0 Å². The molecule has 4 amide bonds. The normalized spacial score (nSPS) is 13.3. The van der Waals surface area contributed by atoms with Gasteiger partial charge in [-0.1, -0.05) is 26.0 Å². The van der Waals surface area contributed by atoms with Gasteiger partial charge in [-0.3, -0.25) is 9.59 Å². The van der Waals surface area contributed by atoms with Crippen LogP contribution in [0.25, 0.3) is 0 Å². The fourth-order valence-corrected chi connectivity index (χ4v) is 2.27. The summed E-state index contributed by atoms with van der Waals surface area (Å²) in [5, 5.41) is 14.3. The minimum Gasteiger partial charge on any atom is -0.392 e. The maximum absolute atomic E-state index is 12.6. The van der Waals surface area contributed by atoms with E-state index in [-0.39, 0.29) is 18.4 Å².